The molecule has 0 aromatic heterocycles. The highest BCUT2D eigenvalue weighted by molar-refractivity contribution is 7.91. The molecule has 0 bridgehead atoms. The fourth-order valence-electron chi connectivity index (χ4n) is 2.14. The van der Waals surface area contributed by atoms with E-state index in [9.17, 15) is 13.2 Å². The molecule has 1 rings (SSSR count). The van der Waals surface area contributed by atoms with Gasteiger partial charge in [-0.3, -0.25) is 10.2 Å². The normalized spacial score (nSPS) is 23.9. The number of carbonyl (C=O) groups is 1. The van der Waals surface area contributed by atoms with Gasteiger partial charge in [-0.2, -0.15) is 0 Å². The lowest BCUT2D eigenvalue weighted by atomic mass is 9.91. The summed E-state index contributed by atoms with van der Waals surface area (Å²) in [6.07, 6.45) is 0.638. The first-order valence-electron chi connectivity index (χ1n) is 5.60. The first-order valence-corrected chi connectivity index (χ1v) is 7.42. The summed E-state index contributed by atoms with van der Waals surface area (Å²) in [5, 5.41) is 0. The molecule has 0 aromatic carbocycles. The van der Waals surface area contributed by atoms with E-state index in [4.69, 9.17) is 5.84 Å². The number of nitrogens with zero attached hydrogens (tertiary/aromatic N) is 1. The van der Waals surface area contributed by atoms with Crippen molar-refractivity contribution in [3.05, 3.63) is 0 Å². The molecule has 1 aliphatic rings. The zero-order chi connectivity index (χ0) is 13.3. The second-order valence-corrected chi connectivity index (χ2v) is 7.56. The maximum absolute atomic E-state index is 11.5. The van der Waals surface area contributed by atoms with E-state index in [0.717, 1.165) is 0 Å². The van der Waals surface area contributed by atoms with Gasteiger partial charge >= 0.3 is 0 Å². The molecule has 1 unspecified atom stereocenters. The third-order valence-corrected chi connectivity index (χ3v) is 4.97. The van der Waals surface area contributed by atoms with Crippen molar-refractivity contribution in [1.82, 2.24) is 10.3 Å². The minimum atomic E-state index is -2.89. The molecular formula is C10H21N3O3S. The van der Waals surface area contributed by atoms with Crippen molar-refractivity contribution in [2.45, 2.75) is 26.3 Å². The van der Waals surface area contributed by atoms with Crippen molar-refractivity contribution in [1.29, 1.82) is 0 Å². The summed E-state index contributed by atoms with van der Waals surface area (Å²) in [7, 11) is -1.04. The van der Waals surface area contributed by atoms with Gasteiger partial charge in [0.1, 0.15) is 0 Å². The summed E-state index contributed by atoms with van der Waals surface area (Å²) < 4.78 is 22.8. The summed E-state index contributed by atoms with van der Waals surface area (Å²) in [5.74, 6) is 5.30. The van der Waals surface area contributed by atoms with Crippen molar-refractivity contribution in [2.75, 3.05) is 25.1 Å². The molecule has 1 aliphatic heterocycles. The number of amides is 1. The van der Waals surface area contributed by atoms with E-state index in [1.807, 2.05) is 11.9 Å². The molecule has 1 atom stereocenters. The number of hydrazine groups is 1. The van der Waals surface area contributed by atoms with Crippen LogP contribution in [-0.4, -0.2) is 50.4 Å². The summed E-state index contributed by atoms with van der Waals surface area (Å²) >= 11 is 0. The molecule has 0 aromatic rings. The molecular weight excluding hydrogens is 242 g/mol. The van der Waals surface area contributed by atoms with Crippen molar-refractivity contribution >= 4 is 15.7 Å². The highest BCUT2D eigenvalue weighted by Crippen LogP contribution is 2.22. The first kappa shape index (κ1) is 14.4. The lowest BCUT2D eigenvalue weighted by molar-refractivity contribution is -0.130. The Labute approximate surface area is 102 Å². The monoisotopic (exact) mass is 263 g/mol. The highest BCUT2D eigenvalue weighted by atomic mass is 32.2. The van der Waals surface area contributed by atoms with Crippen molar-refractivity contribution in [2.24, 2.45) is 11.3 Å². The van der Waals surface area contributed by atoms with E-state index >= 15 is 0 Å². The molecule has 17 heavy (non-hydrogen) atoms. The molecule has 6 nitrogen and oxygen atoms in total. The van der Waals surface area contributed by atoms with E-state index in [0.29, 0.717) is 13.0 Å². The van der Waals surface area contributed by atoms with Crippen LogP contribution in [0.15, 0.2) is 0 Å². The third kappa shape index (κ3) is 3.65. The smallest absolute Gasteiger partial charge is 0.240 e. The van der Waals surface area contributed by atoms with Gasteiger partial charge in [0, 0.05) is 12.6 Å². The zero-order valence-corrected chi connectivity index (χ0v) is 11.4. The zero-order valence-electron chi connectivity index (χ0n) is 10.6. The number of rotatable bonds is 4. The molecule has 3 N–H and O–H groups in total. The Kier molecular flexibility index (Phi) is 4.16. The quantitative estimate of drug-likeness (QED) is 0.390. The van der Waals surface area contributed by atoms with Gasteiger partial charge < -0.3 is 4.90 Å². The number of carbonyl (C=O) groups excluding carboxylic acids is 1. The topological polar surface area (TPSA) is 92.5 Å². The van der Waals surface area contributed by atoms with Crippen LogP contribution in [0, 0.1) is 5.41 Å². The first-order chi connectivity index (χ1) is 7.68. The Morgan fingerprint density at radius 2 is 2.12 bits per heavy atom. The van der Waals surface area contributed by atoms with Crippen molar-refractivity contribution in [3.8, 4) is 0 Å². The number of nitrogens with one attached hydrogen (secondary N) is 1. The second kappa shape index (κ2) is 4.91. The Hall–Kier alpha value is -0.660. The van der Waals surface area contributed by atoms with Gasteiger partial charge in [-0.1, -0.05) is 0 Å². The van der Waals surface area contributed by atoms with E-state index < -0.39 is 15.3 Å². The van der Waals surface area contributed by atoms with Crippen LogP contribution < -0.4 is 11.3 Å². The molecule has 7 heteroatoms. The highest BCUT2D eigenvalue weighted by Gasteiger charge is 2.35. The Bertz CT molecular complexity index is 392. The van der Waals surface area contributed by atoms with Gasteiger partial charge in [0.05, 0.1) is 16.9 Å². The van der Waals surface area contributed by atoms with Crippen LogP contribution in [-0.2, 0) is 14.6 Å². The largest absolute Gasteiger partial charge is 0.301 e. The second-order valence-electron chi connectivity index (χ2n) is 5.33. The van der Waals surface area contributed by atoms with Gasteiger partial charge in [0.2, 0.25) is 5.91 Å². The lowest BCUT2D eigenvalue weighted by Crippen LogP contribution is -2.48. The predicted octanol–water partition coefficient (Wildman–Crippen LogP) is -0.879. The van der Waals surface area contributed by atoms with Gasteiger partial charge in [-0.05, 0) is 27.3 Å². The average molecular weight is 263 g/mol. The summed E-state index contributed by atoms with van der Waals surface area (Å²) in [4.78, 5) is 13.5. The van der Waals surface area contributed by atoms with Crippen LogP contribution in [0.25, 0.3) is 0 Å². The fraction of sp³-hybridized carbons (Fsp3) is 0.900. The molecule has 0 spiro atoms. The minimum absolute atomic E-state index is 0.00449. The molecule has 1 saturated heterocycles. The maximum Gasteiger partial charge on any atom is 0.240 e. The predicted molar refractivity (Wildman–Crippen MR) is 65.8 cm³/mol. The number of sulfone groups is 1. The van der Waals surface area contributed by atoms with Gasteiger partial charge in [-0.25, -0.2) is 14.3 Å². The SMILES string of the molecule is CN(CC(C)(C)C(=O)NN)C1CCS(=O)(=O)C1. The summed E-state index contributed by atoms with van der Waals surface area (Å²) in [6, 6.07) is 0.00449. The molecule has 0 saturated carbocycles. The van der Waals surface area contributed by atoms with E-state index in [2.05, 4.69) is 5.43 Å². The fourth-order valence-corrected chi connectivity index (χ4v) is 3.95. The van der Waals surface area contributed by atoms with Crippen LogP contribution in [0.3, 0.4) is 0 Å². The average Bonchev–Trinajstić information content (AvgIpc) is 2.57. The minimum Gasteiger partial charge on any atom is -0.301 e. The molecule has 0 aliphatic carbocycles. The van der Waals surface area contributed by atoms with Crippen molar-refractivity contribution < 1.29 is 13.2 Å². The molecule has 100 valence electrons. The number of hydrogen-bond acceptors (Lipinski definition) is 5. The standard InChI is InChI=1S/C10H21N3O3S/c1-10(2,9(14)12-11)7-13(3)8-4-5-17(15,16)6-8/h8H,4-7,11H2,1-3H3,(H,12,14). The lowest BCUT2D eigenvalue weighted by Gasteiger charge is -2.31. The molecule has 1 heterocycles. The van der Waals surface area contributed by atoms with Crippen LogP contribution in [0.2, 0.25) is 0 Å². The summed E-state index contributed by atoms with van der Waals surface area (Å²) in [6.45, 7) is 4.06. The van der Waals surface area contributed by atoms with Gasteiger partial charge in [-0.15, -0.1) is 0 Å². The number of nitrogens with two attached hydrogens (primary N) is 1. The maximum atomic E-state index is 11.5. The molecule has 1 fully saturated rings. The van der Waals surface area contributed by atoms with E-state index in [1.165, 1.54) is 0 Å². The Morgan fingerprint density at radius 3 is 2.53 bits per heavy atom. The van der Waals surface area contributed by atoms with E-state index in [-0.39, 0.29) is 23.5 Å². The van der Waals surface area contributed by atoms with E-state index in [1.54, 1.807) is 13.8 Å². The Balaban J connectivity index is 2.61. The van der Waals surface area contributed by atoms with Gasteiger partial charge in [0.15, 0.2) is 9.84 Å². The summed E-state index contributed by atoms with van der Waals surface area (Å²) in [5.41, 5.74) is 1.50. The van der Waals surface area contributed by atoms with Crippen LogP contribution in [0.4, 0.5) is 0 Å². The van der Waals surface area contributed by atoms with Crippen LogP contribution >= 0.6 is 0 Å². The molecule has 0 radical (unpaired) electrons. The third-order valence-electron chi connectivity index (χ3n) is 3.22. The van der Waals surface area contributed by atoms with Crippen LogP contribution in [0.1, 0.15) is 20.3 Å². The molecule has 1 amide bonds. The number of hydrogen-bond donors (Lipinski definition) is 2. The van der Waals surface area contributed by atoms with Crippen LogP contribution in [0.5, 0.6) is 0 Å². The van der Waals surface area contributed by atoms with Crippen molar-refractivity contribution in [3.63, 3.8) is 0 Å². The Morgan fingerprint density at radius 1 is 1.53 bits per heavy atom. The van der Waals surface area contributed by atoms with Gasteiger partial charge in [0.25, 0.3) is 0 Å².